The van der Waals surface area contributed by atoms with E-state index in [0.29, 0.717) is 11.3 Å². The Balaban J connectivity index is 1.45. The van der Waals surface area contributed by atoms with Crippen LogP contribution in [0.1, 0.15) is 27.4 Å². The first-order valence-electron chi connectivity index (χ1n) is 8.33. The van der Waals surface area contributed by atoms with Crippen LogP contribution in [0.2, 0.25) is 0 Å². The van der Waals surface area contributed by atoms with Crippen molar-refractivity contribution in [3.8, 4) is 5.69 Å². The molecule has 0 unspecified atom stereocenters. The zero-order valence-electron chi connectivity index (χ0n) is 14.6. The molecule has 6 nitrogen and oxygen atoms in total. The van der Waals surface area contributed by atoms with Crippen LogP contribution in [0.25, 0.3) is 11.3 Å². The van der Waals surface area contributed by atoms with E-state index >= 15 is 0 Å². The zero-order valence-corrected chi connectivity index (χ0v) is 14.6. The molecule has 130 valence electrons. The van der Waals surface area contributed by atoms with Crippen molar-refractivity contribution in [2.24, 2.45) is 0 Å². The standard InChI is InChI=1S/C20H18N4O2/c1-14-11-15(2)24(22-14)18-8-6-16(7-9-18)20(25)26-13-17-12-23-10-4-3-5-19(23)21-17/h3-12H,13H2,1-2H3. The quantitative estimate of drug-likeness (QED) is 0.531. The fraction of sp³-hybridized carbons (Fsp3) is 0.150. The Morgan fingerprint density at radius 2 is 1.92 bits per heavy atom. The van der Waals surface area contributed by atoms with Crippen molar-refractivity contribution in [3.05, 3.63) is 83.6 Å². The molecule has 0 aliphatic rings. The second kappa shape index (κ2) is 6.48. The van der Waals surface area contributed by atoms with Crippen LogP contribution < -0.4 is 0 Å². The van der Waals surface area contributed by atoms with Crippen LogP contribution in [0.3, 0.4) is 0 Å². The number of hydrogen-bond acceptors (Lipinski definition) is 4. The van der Waals surface area contributed by atoms with Crippen molar-refractivity contribution in [1.29, 1.82) is 0 Å². The van der Waals surface area contributed by atoms with Gasteiger partial charge in [-0.15, -0.1) is 0 Å². The number of rotatable bonds is 4. The zero-order chi connectivity index (χ0) is 18.1. The molecule has 0 aliphatic carbocycles. The van der Waals surface area contributed by atoms with E-state index in [4.69, 9.17) is 4.74 Å². The lowest BCUT2D eigenvalue weighted by Crippen LogP contribution is -2.06. The molecule has 0 atom stereocenters. The first-order chi connectivity index (χ1) is 12.6. The Labute approximate surface area is 150 Å². The molecule has 0 fully saturated rings. The van der Waals surface area contributed by atoms with Gasteiger partial charge in [0.1, 0.15) is 12.3 Å². The van der Waals surface area contributed by atoms with Crippen LogP contribution in [0.5, 0.6) is 0 Å². The summed E-state index contributed by atoms with van der Waals surface area (Å²) < 4.78 is 9.12. The van der Waals surface area contributed by atoms with Gasteiger partial charge in [0.2, 0.25) is 0 Å². The summed E-state index contributed by atoms with van der Waals surface area (Å²) in [6, 6.07) is 15.0. The highest BCUT2D eigenvalue weighted by molar-refractivity contribution is 5.89. The Morgan fingerprint density at radius 3 is 2.62 bits per heavy atom. The van der Waals surface area contributed by atoms with Crippen LogP contribution in [0.15, 0.2) is 60.9 Å². The summed E-state index contributed by atoms with van der Waals surface area (Å²) in [4.78, 5) is 16.7. The normalized spacial score (nSPS) is 11.0. The van der Waals surface area contributed by atoms with Crippen molar-refractivity contribution < 1.29 is 9.53 Å². The number of benzene rings is 1. The molecule has 0 aliphatic heterocycles. The maximum atomic E-state index is 12.3. The minimum Gasteiger partial charge on any atom is -0.456 e. The number of carbonyl (C=O) groups excluding carboxylic acids is 1. The molecular weight excluding hydrogens is 328 g/mol. The lowest BCUT2D eigenvalue weighted by Gasteiger charge is -2.06. The molecule has 0 bridgehead atoms. The van der Waals surface area contributed by atoms with E-state index in [1.54, 1.807) is 12.1 Å². The average Bonchev–Trinajstić information content (AvgIpc) is 3.22. The van der Waals surface area contributed by atoms with E-state index in [-0.39, 0.29) is 12.6 Å². The Hall–Kier alpha value is -3.41. The maximum absolute atomic E-state index is 12.3. The predicted octanol–water partition coefficient (Wildman–Crippen LogP) is 3.49. The number of pyridine rings is 1. The van der Waals surface area contributed by atoms with Gasteiger partial charge in [0.25, 0.3) is 0 Å². The number of ether oxygens (including phenoxy) is 1. The lowest BCUT2D eigenvalue weighted by molar-refractivity contribution is 0.0468. The predicted molar refractivity (Wildman–Crippen MR) is 97.3 cm³/mol. The first-order valence-corrected chi connectivity index (χ1v) is 8.33. The molecule has 26 heavy (non-hydrogen) atoms. The van der Waals surface area contributed by atoms with Gasteiger partial charge in [-0.25, -0.2) is 14.5 Å². The summed E-state index contributed by atoms with van der Waals surface area (Å²) in [5, 5.41) is 4.44. The van der Waals surface area contributed by atoms with Gasteiger partial charge in [-0.2, -0.15) is 5.10 Å². The van der Waals surface area contributed by atoms with Gasteiger partial charge >= 0.3 is 5.97 Å². The van der Waals surface area contributed by atoms with E-state index in [2.05, 4.69) is 10.1 Å². The summed E-state index contributed by atoms with van der Waals surface area (Å²) >= 11 is 0. The van der Waals surface area contributed by atoms with E-state index < -0.39 is 0 Å². The summed E-state index contributed by atoms with van der Waals surface area (Å²) in [5.41, 5.74) is 4.95. The second-order valence-electron chi connectivity index (χ2n) is 6.16. The van der Waals surface area contributed by atoms with Gasteiger partial charge in [-0.1, -0.05) is 6.07 Å². The molecule has 3 aromatic heterocycles. The summed E-state index contributed by atoms with van der Waals surface area (Å²) in [6.07, 6.45) is 3.76. The third kappa shape index (κ3) is 3.09. The molecular formula is C20H18N4O2. The van der Waals surface area contributed by atoms with Gasteiger partial charge < -0.3 is 9.14 Å². The van der Waals surface area contributed by atoms with Crippen LogP contribution >= 0.6 is 0 Å². The molecule has 0 saturated carbocycles. The average molecular weight is 346 g/mol. The minimum atomic E-state index is -0.373. The van der Waals surface area contributed by atoms with E-state index in [9.17, 15) is 4.79 Å². The number of imidazole rings is 1. The van der Waals surface area contributed by atoms with Crippen molar-refractivity contribution >= 4 is 11.6 Å². The van der Waals surface area contributed by atoms with Crippen LogP contribution in [0, 0.1) is 13.8 Å². The lowest BCUT2D eigenvalue weighted by atomic mass is 10.2. The molecule has 0 N–H and O–H groups in total. The molecule has 6 heteroatoms. The van der Waals surface area contributed by atoms with E-state index in [1.165, 1.54) is 0 Å². The monoisotopic (exact) mass is 346 g/mol. The van der Waals surface area contributed by atoms with Gasteiger partial charge in [0.15, 0.2) is 0 Å². The van der Waals surface area contributed by atoms with Gasteiger partial charge in [-0.3, -0.25) is 0 Å². The summed E-state index contributed by atoms with van der Waals surface area (Å²) in [6.45, 7) is 4.09. The van der Waals surface area contributed by atoms with E-state index in [1.807, 2.05) is 71.7 Å². The molecule has 0 radical (unpaired) electrons. The van der Waals surface area contributed by atoms with Gasteiger partial charge in [0.05, 0.1) is 22.6 Å². The molecule has 1 aromatic carbocycles. The van der Waals surface area contributed by atoms with Crippen molar-refractivity contribution in [1.82, 2.24) is 19.2 Å². The topological polar surface area (TPSA) is 61.4 Å². The number of aromatic nitrogens is 4. The fourth-order valence-corrected chi connectivity index (χ4v) is 2.91. The molecule has 0 saturated heterocycles. The number of aryl methyl sites for hydroxylation is 2. The number of esters is 1. The van der Waals surface area contributed by atoms with Crippen molar-refractivity contribution in [2.75, 3.05) is 0 Å². The van der Waals surface area contributed by atoms with Gasteiger partial charge in [-0.05, 0) is 56.3 Å². The SMILES string of the molecule is Cc1cc(C)n(-c2ccc(C(=O)OCc3cn4ccccc4n3)cc2)n1. The third-order valence-electron chi connectivity index (χ3n) is 4.12. The molecule has 4 aromatic rings. The Morgan fingerprint density at radius 1 is 1.12 bits per heavy atom. The highest BCUT2D eigenvalue weighted by Crippen LogP contribution is 2.14. The number of hydrogen-bond donors (Lipinski definition) is 0. The van der Waals surface area contributed by atoms with Crippen molar-refractivity contribution in [3.63, 3.8) is 0 Å². The molecule has 0 amide bonds. The summed E-state index contributed by atoms with van der Waals surface area (Å²) in [7, 11) is 0. The highest BCUT2D eigenvalue weighted by atomic mass is 16.5. The smallest absolute Gasteiger partial charge is 0.338 e. The number of fused-ring (bicyclic) bond motifs is 1. The first kappa shape index (κ1) is 16.1. The molecule has 0 spiro atoms. The Kier molecular flexibility index (Phi) is 4.01. The molecule has 4 rings (SSSR count). The highest BCUT2D eigenvalue weighted by Gasteiger charge is 2.10. The van der Waals surface area contributed by atoms with Crippen LogP contribution in [0.4, 0.5) is 0 Å². The minimum absolute atomic E-state index is 0.139. The second-order valence-corrected chi connectivity index (χ2v) is 6.16. The fourth-order valence-electron chi connectivity index (χ4n) is 2.91. The maximum Gasteiger partial charge on any atom is 0.338 e. The van der Waals surface area contributed by atoms with Crippen LogP contribution in [-0.4, -0.2) is 25.1 Å². The van der Waals surface area contributed by atoms with Crippen LogP contribution in [-0.2, 0) is 11.3 Å². The Bertz CT molecular complexity index is 1040. The third-order valence-corrected chi connectivity index (χ3v) is 4.12. The van der Waals surface area contributed by atoms with Crippen molar-refractivity contribution in [2.45, 2.75) is 20.5 Å². The summed E-state index contributed by atoms with van der Waals surface area (Å²) in [5.74, 6) is -0.373. The number of carbonyl (C=O) groups is 1. The van der Waals surface area contributed by atoms with Gasteiger partial charge in [0, 0.05) is 18.1 Å². The number of nitrogens with zero attached hydrogens (tertiary/aromatic N) is 4. The molecule has 3 heterocycles. The largest absolute Gasteiger partial charge is 0.456 e. The van der Waals surface area contributed by atoms with E-state index in [0.717, 1.165) is 22.7 Å².